The zero-order valence-corrected chi connectivity index (χ0v) is 12.0. The van der Waals surface area contributed by atoms with E-state index in [-0.39, 0.29) is 18.3 Å². The lowest BCUT2D eigenvalue weighted by Crippen LogP contribution is -2.29. The minimum absolute atomic E-state index is 0.0982. The Hall–Kier alpha value is -2.36. The molecule has 21 heavy (non-hydrogen) atoms. The minimum Gasteiger partial charge on any atom is -0.376 e. The number of rotatable bonds is 6. The van der Waals surface area contributed by atoms with E-state index < -0.39 is 0 Å². The quantitative estimate of drug-likeness (QED) is 0.856. The SMILES string of the molecule is CCc1ccc(NCC(=O)NCc2ccc(F)cc2)cc1. The first-order valence-electron chi connectivity index (χ1n) is 7.01. The van der Waals surface area contributed by atoms with Crippen molar-refractivity contribution in [2.75, 3.05) is 11.9 Å². The van der Waals surface area contributed by atoms with E-state index in [1.54, 1.807) is 12.1 Å². The van der Waals surface area contributed by atoms with Crippen LogP contribution in [0.15, 0.2) is 48.5 Å². The molecule has 2 aromatic rings. The molecule has 0 unspecified atom stereocenters. The van der Waals surface area contributed by atoms with Crippen LogP contribution >= 0.6 is 0 Å². The molecule has 0 heterocycles. The lowest BCUT2D eigenvalue weighted by Gasteiger charge is -2.08. The molecule has 0 aliphatic carbocycles. The van der Waals surface area contributed by atoms with Gasteiger partial charge in [0, 0.05) is 12.2 Å². The zero-order chi connectivity index (χ0) is 15.1. The van der Waals surface area contributed by atoms with E-state index in [1.165, 1.54) is 17.7 Å². The Morgan fingerprint density at radius 1 is 1.00 bits per heavy atom. The fraction of sp³-hybridized carbons (Fsp3) is 0.235. The molecule has 3 nitrogen and oxygen atoms in total. The summed E-state index contributed by atoms with van der Waals surface area (Å²) < 4.78 is 12.8. The number of benzene rings is 2. The van der Waals surface area contributed by atoms with Gasteiger partial charge in [0.2, 0.25) is 5.91 Å². The van der Waals surface area contributed by atoms with Gasteiger partial charge < -0.3 is 10.6 Å². The molecule has 0 bridgehead atoms. The van der Waals surface area contributed by atoms with Crippen LogP contribution in [0.25, 0.3) is 0 Å². The molecule has 1 amide bonds. The highest BCUT2D eigenvalue weighted by atomic mass is 19.1. The van der Waals surface area contributed by atoms with E-state index in [0.29, 0.717) is 6.54 Å². The third-order valence-corrected chi connectivity index (χ3v) is 3.22. The Morgan fingerprint density at radius 2 is 1.62 bits per heavy atom. The Bertz CT molecular complexity index is 579. The largest absolute Gasteiger partial charge is 0.376 e. The number of aryl methyl sites for hydroxylation is 1. The van der Waals surface area contributed by atoms with Crippen LogP contribution in [0.5, 0.6) is 0 Å². The summed E-state index contributed by atoms with van der Waals surface area (Å²) in [4.78, 5) is 11.7. The Kier molecular flexibility index (Phi) is 5.32. The van der Waals surface area contributed by atoms with Crippen LogP contribution in [0.2, 0.25) is 0 Å². The second kappa shape index (κ2) is 7.43. The highest BCUT2D eigenvalue weighted by molar-refractivity contribution is 5.80. The summed E-state index contributed by atoms with van der Waals surface area (Å²) in [6.07, 6.45) is 0.998. The van der Waals surface area contributed by atoms with Crippen molar-refractivity contribution in [1.29, 1.82) is 0 Å². The fourth-order valence-corrected chi connectivity index (χ4v) is 1.91. The first kappa shape index (κ1) is 15.0. The van der Waals surface area contributed by atoms with Gasteiger partial charge in [0.25, 0.3) is 0 Å². The molecule has 0 aromatic heterocycles. The maximum absolute atomic E-state index is 12.8. The molecular formula is C17H19FN2O. The van der Waals surface area contributed by atoms with Gasteiger partial charge in [0.05, 0.1) is 6.54 Å². The van der Waals surface area contributed by atoms with E-state index in [1.807, 2.05) is 24.3 Å². The molecular weight excluding hydrogens is 267 g/mol. The second-order valence-corrected chi connectivity index (χ2v) is 4.81. The van der Waals surface area contributed by atoms with Crippen molar-refractivity contribution in [2.24, 2.45) is 0 Å². The molecule has 0 saturated carbocycles. The van der Waals surface area contributed by atoms with Gasteiger partial charge in [-0.3, -0.25) is 4.79 Å². The monoisotopic (exact) mass is 286 g/mol. The maximum atomic E-state index is 12.8. The van der Waals surface area contributed by atoms with Gasteiger partial charge in [-0.1, -0.05) is 31.2 Å². The summed E-state index contributed by atoms with van der Waals surface area (Å²) in [6.45, 7) is 2.72. The summed E-state index contributed by atoms with van der Waals surface area (Å²) in [6, 6.07) is 14.1. The van der Waals surface area contributed by atoms with Crippen molar-refractivity contribution in [3.05, 3.63) is 65.5 Å². The van der Waals surface area contributed by atoms with Crippen LogP contribution in [0.3, 0.4) is 0 Å². The summed E-state index contributed by atoms with van der Waals surface area (Å²) in [5.41, 5.74) is 3.06. The van der Waals surface area contributed by atoms with Gasteiger partial charge in [-0.25, -0.2) is 4.39 Å². The molecule has 0 aliphatic rings. The number of hydrogen-bond donors (Lipinski definition) is 2. The van der Waals surface area contributed by atoms with Gasteiger partial charge in [-0.05, 0) is 41.8 Å². The molecule has 2 rings (SSSR count). The number of hydrogen-bond acceptors (Lipinski definition) is 2. The molecule has 2 N–H and O–H groups in total. The Morgan fingerprint density at radius 3 is 2.24 bits per heavy atom. The molecule has 0 spiro atoms. The van der Waals surface area contributed by atoms with E-state index in [0.717, 1.165) is 17.7 Å². The van der Waals surface area contributed by atoms with Crippen LogP contribution < -0.4 is 10.6 Å². The van der Waals surface area contributed by atoms with Crippen molar-refractivity contribution in [3.63, 3.8) is 0 Å². The van der Waals surface area contributed by atoms with Crippen molar-refractivity contribution in [2.45, 2.75) is 19.9 Å². The number of carbonyl (C=O) groups excluding carboxylic acids is 1. The lowest BCUT2D eigenvalue weighted by molar-refractivity contribution is -0.119. The topological polar surface area (TPSA) is 41.1 Å². The summed E-state index contributed by atoms with van der Waals surface area (Å²) in [7, 11) is 0. The average molecular weight is 286 g/mol. The molecule has 0 saturated heterocycles. The van der Waals surface area contributed by atoms with E-state index in [4.69, 9.17) is 0 Å². The fourth-order valence-electron chi connectivity index (χ4n) is 1.91. The first-order chi connectivity index (χ1) is 10.2. The van der Waals surface area contributed by atoms with Crippen molar-refractivity contribution < 1.29 is 9.18 Å². The third kappa shape index (κ3) is 4.91. The van der Waals surface area contributed by atoms with Crippen molar-refractivity contribution in [1.82, 2.24) is 5.32 Å². The molecule has 110 valence electrons. The zero-order valence-electron chi connectivity index (χ0n) is 12.0. The average Bonchev–Trinajstić information content (AvgIpc) is 2.53. The maximum Gasteiger partial charge on any atom is 0.239 e. The molecule has 0 fully saturated rings. The summed E-state index contributed by atoms with van der Waals surface area (Å²) in [5.74, 6) is -0.374. The predicted octanol–water partition coefficient (Wildman–Crippen LogP) is 3.12. The Labute approximate surface area is 124 Å². The predicted molar refractivity (Wildman–Crippen MR) is 82.6 cm³/mol. The van der Waals surface area contributed by atoms with Gasteiger partial charge in [-0.15, -0.1) is 0 Å². The van der Waals surface area contributed by atoms with Gasteiger partial charge >= 0.3 is 0 Å². The van der Waals surface area contributed by atoms with Crippen LogP contribution in [0.4, 0.5) is 10.1 Å². The molecule has 4 heteroatoms. The summed E-state index contributed by atoms with van der Waals surface area (Å²) >= 11 is 0. The van der Waals surface area contributed by atoms with Crippen molar-refractivity contribution >= 4 is 11.6 Å². The van der Waals surface area contributed by atoms with Crippen LogP contribution in [-0.2, 0) is 17.8 Å². The third-order valence-electron chi connectivity index (χ3n) is 3.22. The van der Waals surface area contributed by atoms with Crippen LogP contribution in [0, 0.1) is 5.82 Å². The molecule has 0 atom stereocenters. The minimum atomic E-state index is -0.276. The first-order valence-corrected chi connectivity index (χ1v) is 7.01. The van der Waals surface area contributed by atoms with E-state index in [2.05, 4.69) is 17.6 Å². The number of nitrogens with one attached hydrogen (secondary N) is 2. The highest BCUT2D eigenvalue weighted by Crippen LogP contribution is 2.09. The number of carbonyl (C=O) groups is 1. The normalized spacial score (nSPS) is 10.2. The molecule has 0 aliphatic heterocycles. The van der Waals surface area contributed by atoms with Crippen LogP contribution in [0.1, 0.15) is 18.1 Å². The van der Waals surface area contributed by atoms with E-state index in [9.17, 15) is 9.18 Å². The lowest BCUT2D eigenvalue weighted by atomic mass is 10.1. The highest BCUT2D eigenvalue weighted by Gasteiger charge is 2.01. The number of anilines is 1. The van der Waals surface area contributed by atoms with Gasteiger partial charge in [-0.2, -0.15) is 0 Å². The smallest absolute Gasteiger partial charge is 0.239 e. The number of halogens is 1. The standard InChI is InChI=1S/C17H19FN2O/c1-2-13-5-9-16(10-6-13)19-12-17(21)20-11-14-3-7-15(18)8-4-14/h3-10,19H,2,11-12H2,1H3,(H,20,21). The van der Waals surface area contributed by atoms with Gasteiger partial charge in [0.15, 0.2) is 0 Å². The summed E-state index contributed by atoms with van der Waals surface area (Å²) in [5, 5.41) is 5.86. The van der Waals surface area contributed by atoms with Gasteiger partial charge in [0.1, 0.15) is 5.82 Å². The Balaban J connectivity index is 1.75. The van der Waals surface area contributed by atoms with E-state index >= 15 is 0 Å². The second-order valence-electron chi connectivity index (χ2n) is 4.81. The van der Waals surface area contributed by atoms with Crippen molar-refractivity contribution in [3.8, 4) is 0 Å². The van der Waals surface area contributed by atoms with Crippen LogP contribution in [-0.4, -0.2) is 12.5 Å². The molecule has 2 aromatic carbocycles. The number of amides is 1. The molecule has 0 radical (unpaired) electrons.